The number of ether oxygens (including phenoxy) is 1. The molecule has 1 saturated heterocycles. The number of aromatic nitrogens is 4. The Bertz CT molecular complexity index is 1390. The zero-order chi connectivity index (χ0) is 27.1. The van der Waals surface area contributed by atoms with Gasteiger partial charge < -0.3 is 36.2 Å². The molecule has 1 amide bonds. The van der Waals surface area contributed by atoms with Crippen molar-refractivity contribution < 1.29 is 47.9 Å². The van der Waals surface area contributed by atoms with Gasteiger partial charge in [-0.2, -0.15) is 13.2 Å². The predicted octanol–water partition coefficient (Wildman–Crippen LogP) is 0.170. The Kier molecular flexibility index (Phi) is 6.72. The first kappa shape index (κ1) is 25.8. The zero-order valence-electron chi connectivity index (χ0n) is 18.5. The lowest BCUT2D eigenvalue weighted by atomic mass is 10.0. The van der Waals surface area contributed by atoms with E-state index in [4.69, 9.17) is 10.5 Å². The van der Waals surface area contributed by atoms with Crippen molar-refractivity contribution in [3.63, 3.8) is 0 Å². The largest absolute Gasteiger partial charge is 0.504 e. The average molecular weight is 524 g/mol. The molecule has 1 fully saturated rings. The third kappa shape index (κ3) is 4.89. The van der Waals surface area contributed by atoms with Gasteiger partial charge in [0.1, 0.15) is 30.2 Å². The second-order valence-corrected chi connectivity index (χ2v) is 7.91. The van der Waals surface area contributed by atoms with Crippen molar-refractivity contribution in [2.45, 2.75) is 30.7 Å². The van der Waals surface area contributed by atoms with Gasteiger partial charge in [0, 0.05) is 12.1 Å². The van der Waals surface area contributed by atoms with Crippen LogP contribution in [0.25, 0.3) is 11.2 Å². The van der Waals surface area contributed by atoms with Crippen LogP contribution in [0.1, 0.15) is 26.9 Å². The molecule has 0 saturated carbocycles. The van der Waals surface area contributed by atoms with Crippen LogP contribution < -0.4 is 11.1 Å². The first-order chi connectivity index (χ1) is 17.4. The summed E-state index contributed by atoms with van der Waals surface area (Å²) in [6.07, 6.45) is -5.04. The molecule has 0 spiro atoms. The van der Waals surface area contributed by atoms with Crippen LogP contribution in [0.5, 0.6) is 11.5 Å². The SMILES string of the molecule is Nc1ncnc2c1ncn2[C@@H]1O[C@H](/C=C/CNC(=O)c2cc(C(=O)C(F)(F)F)cc(O)c2O)C(O)C1O. The number of rotatable bonds is 6. The number of nitrogens with zero attached hydrogens (tertiary/aromatic N) is 4. The number of benzene rings is 1. The minimum Gasteiger partial charge on any atom is -0.504 e. The Morgan fingerprint density at radius 3 is 2.59 bits per heavy atom. The van der Waals surface area contributed by atoms with Gasteiger partial charge in [-0.3, -0.25) is 14.2 Å². The fourth-order valence-electron chi connectivity index (χ4n) is 3.67. The molecule has 1 aliphatic heterocycles. The van der Waals surface area contributed by atoms with Crippen LogP contribution in [0.3, 0.4) is 0 Å². The van der Waals surface area contributed by atoms with E-state index < -0.39 is 65.0 Å². The first-order valence-corrected chi connectivity index (χ1v) is 10.5. The summed E-state index contributed by atoms with van der Waals surface area (Å²) >= 11 is 0. The number of phenols is 2. The van der Waals surface area contributed by atoms with Crippen LogP contribution in [-0.4, -0.2) is 82.7 Å². The molecule has 4 atom stereocenters. The van der Waals surface area contributed by atoms with E-state index in [9.17, 15) is 43.2 Å². The van der Waals surface area contributed by atoms with E-state index in [1.807, 2.05) is 0 Å². The summed E-state index contributed by atoms with van der Waals surface area (Å²) in [6.45, 7) is -0.262. The normalized spacial score (nSPS) is 22.1. The molecule has 13 nitrogen and oxygen atoms in total. The Morgan fingerprint density at radius 1 is 1.16 bits per heavy atom. The molecule has 3 aromatic rings. The van der Waals surface area contributed by atoms with Crippen LogP contribution >= 0.6 is 0 Å². The molecule has 2 aromatic heterocycles. The lowest BCUT2D eigenvalue weighted by Crippen LogP contribution is -2.31. The second kappa shape index (κ2) is 9.64. The fourth-order valence-corrected chi connectivity index (χ4v) is 3.67. The lowest BCUT2D eigenvalue weighted by Gasteiger charge is -2.16. The number of phenolic OH excluding ortho intramolecular Hbond substituents is 2. The number of anilines is 1. The van der Waals surface area contributed by atoms with E-state index in [0.29, 0.717) is 12.1 Å². The Morgan fingerprint density at radius 2 is 1.89 bits per heavy atom. The first-order valence-electron chi connectivity index (χ1n) is 10.5. The maximum atomic E-state index is 12.7. The summed E-state index contributed by atoms with van der Waals surface area (Å²) in [5.74, 6) is -5.40. The third-order valence-electron chi connectivity index (χ3n) is 5.50. The van der Waals surface area contributed by atoms with Crippen LogP contribution in [0.4, 0.5) is 19.0 Å². The molecule has 1 aromatic carbocycles. The number of nitrogen functional groups attached to an aromatic ring is 1. The van der Waals surface area contributed by atoms with Crippen molar-refractivity contribution in [2.24, 2.45) is 0 Å². The molecule has 1 aliphatic rings. The smallest absolute Gasteiger partial charge is 0.454 e. The van der Waals surface area contributed by atoms with Gasteiger partial charge in [0.05, 0.1) is 11.9 Å². The number of imidazole rings is 1. The lowest BCUT2D eigenvalue weighted by molar-refractivity contribution is -0.0885. The van der Waals surface area contributed by atoms with Crippen molar-refractivity contribution in [2.75, 3.05) is 12.3 Å². The van der Waals surface area contributed by atoms with Gasteiger partial charge in [-0.05, 0) is 12.1 Å². The van der Waals surface area contributed by atoms with Gasteiger partial charge in [-0.15, -0.1) is 0 Å². The molecule has 0 aliphatic carbocycles. The molecule has 16 heteroatoms. The van der Waals surface area contributed by atoms with Crippen molar-refractivity contribution in [1.82, 2.24) is 24.8 Å². The number of alkyl halides is 3. The van der Waals surface area contributed by atoms with Crippen molar-refractivity contribution >= 4 is 28.7 Å². The number of carbonyl (C=O) groups is 2. The van der Waals surface area contributed by atoms with Gasteiger partial charge in [0.25, 0.3) is 11.7 Å². The summed E-state index contributed by atoms with van der Waals surface area (Å²) in [7, 11) is 0. The molecular weight excluding hydrogens is 505 g/mol. The number of hydrogen-bond acceptors (Lipinski definition) is 11. The topological polar surface area (TPSA) is 206 Å². The maximum absolute atomic E-state index is 12.7. The van der Waals surface area contributed by atoms with E-state index in [-0.39, 0.29) is 23.5 Å². The number of aromatic hydroxyl groups is 2. The predicted molar refractivity (Wildman–Crippen MR) is 117 cm³/mol. The molecule has 0 bridgehead atoms. The van der Waals surface area contributed by atoms with E-state index in [1.165, 1.54) is 29.4 Å². The fraction of sp³-hybridized carbons (Fsp3) is 0.286. The zero-order valence-corrected chi connectivity index (χ0v) is 18.5. The minimum absolute atomic E-state index is 0.108. The van der Waals surface area contributed by atoms with Crippen molar-refractivity contribution in [3.8, 4) is 11.5 Å². The minimum atomic E-state index is -5.26. The van der Waals surface area contributed by atoms with E-state index in [0.717, 1.165) is 0 Å². The van der Waals surface area contributed by atoms with Crippen LogP contribution in [-0.2, 0) is 4.74 Å². The summed E-state index contributed by atoms with van der Waals surface area (Å²) < 4.78 is 45.1. The van der Waals surface area contributed by atoms with Gasteiger partial charge in [-0.1, -0.05) is 12.2 Å². The summed E-state index contributed by atoms with van der Waals surface area (Å²) in [6, 6.07) is 0.896. The highest BCUT2D eigenvalue weighted by atomic mass is 19.4. The average Bonchev–Trinajstić information content (AvgIpc) is 3.39. The number of amides is 1. The van der Waals surface area contributed by atoms with Gasteiger partial charge in [0.15, 0.2) is 29.2 Å². The van der Waals surface area contributed by atoms with E-state index in [2.05, 4.69) is 20.3 Å². The number of halogens is 3. The highest BCUT2D eigenvalue weighted by Gasteiger charge is 2.43. The van der Waals surface area contributed by atoms with E-state index >= 15 is 0 Å². The van der Waals surface area contributed by atoms with Crippen molar-refractivity contribution in [3.05, 3.63) is 48.1 Å². The monoisotopic (exact) mass is 524 g/mol. The van der Waals surface area contributed by atoms with Gasteiger partial charge in [-0.25, -0.2) is 15.0 Å². The second-order valence-electron chi connectivity index (χ2n) is 7.91. The highest BCUT2D eigenvalue weighted by Crippen LogP contribution is 2.34. The number of Topliss-reactive ketones (excluding diaryl/α,β-unsaturated/α-hetero) is 1. The molecule has 3 heterocycles. The molecule has 37 heavy (non-hydrogen) atoms. The van der Waals surface area contributed by atoms with Crippen LogP contribution in [0, 0.1) is 0 Å². The number of hydrogen-bond donors (Lipinski definition) is 6. The number of fused-ring (bicyclic) bond motifs is 1. The summed E-state index contributed by atoms with van der Waals surface area (Å²) in [5.41, 5.74) is 4.47. The Labute approximate surface area is 204 Å². The number of aliphatic hydroxyl groups excluding tert-OH is 2. The quantitative estimate of drug-likeness (QED) is 0.146. The van der Waals surface area contributed by atoms with Crippen molar-refractivity contribution in [1.29, 1.82) is 0 Å². The van der Waals surface area contributed by atoms with E-state index in [1.54, 1.807) is 0 Å². The third-order valence-corrected chi connectivity index (χ3v) is 5.50. The molecule has 4 rings (SSSR count). The number of ketones is 1. The Balaban J connectivity index is 1.43. The summed E-state index contributed by atoms with van der Waals surface area (Å²) in [4.78, 5) is 35.7. The summed E-state index contributed by atoms with van der Waals surface area (Å²) in [5, 5.41) is 42.6. The number of aliphatic hydroxyl groups is 2. The standard InChI is InChI=1S/C21H19F3N6O7/c22-21(23,24)16(35)8-4-9(13(32)10(31)5-8)19(36)26-3-1-2-11-14(33)15(34)20(37-11)30-7-29-12-17(25)27-6-28-18(12)30/h1-2,4-7,11,14-15,20,31-34H,3H2,(H,26,36)(H2,25,27,28)/b2-1+/t11-,14?,15?,20-/m1/s1. The number of carbonyl (C=O) groups excluding carboxylic acids is 2. The number of nitrogens with one attached hydrogen (secondary N) is 1. The van der Waals surface area contributed by atoms with Gasteiger partial charge >= 0.3 is 6.18 Å². The molecule has 2 unspecified atom stereocenters. The molecular formula is C21H19F3N6O7. The van der Waals surface area contributed by atoms with Gasteiger partial charge in [0.2, 0.25) is 0 Å². The Hall–Kier alpha value is -4.28. The molecule has 196 valence electrons. The molecule has 0 radical (unpaired) electrons. The molecule has 7 N–H and O–H groups in total. The number of nitrogens with two attached hydrogens (primary N) is 1. The highest BCUT2D eigenvalue weighted by molar-refractivity contribution is 6.05. The van der Waals surface area contributed by atoms with Crippen LogP contribution in [0.2, 0.25) is 0 Å². The maximum Gasteiger partial charge on any atom is 0.454 e. The van der Waals surface area contributed by atoms with Crippen LogP contribution in [0.15, 0.2) is 36.9 Å².